The second kappa shape index (κ2) is 8.75. The minimum absolute atomic E-state index is 0.0671. The fourth-order valence-corrected chi connectivity index (χ4v) is 3.48. The van der Waals surface area contributed by atoms with E-state index >= 15 is 0 Å². The van der Waals surface area contributed by atoms with Crippen molar-refractivity contribution in [2.45, 2.75) is 45.1 Å². The van der Waals surface area contributed by atoms with Crippen LogP contribution in [0.3, 0.4) is 0 Å². The van der Waals surface area contributed by atoms with E-state index in [2.05, 4.69) is 23.5 Å². The van der Waals surface area contributed by atoms with Crippen molar-refractivity contribution in [3.05, 3.63) is 58.7 Å². The number of aryl methyl sites for hydroxylation is 3. The summed E-state index contributed by atoms with van der Waals surface area (Å²) in [5.74, 6) is 1.46. The molecule has 0 spiro atoms. The monoisotopic (exact) mass is 353 g/mol. The van der Waals surface area contributed by atoms with Gasteiger partial charge >= 0.3 is 0 Å². The Labute approximate surface area is 155 Å². The zero-order chi connectivity index (χ0) is 18.4. The van der Waals surface area contributed by atoms with Crippen LogP contribution in [0.1, 0.15) is 41.5 Å². The fraction of sp³-hybridized carbons (Fsp3) is 0.409. The molecule has 1 aliphatic carbocycles. The molecule has 1 N–H and O–H groups in total. The number of rotatable bonds is 7. The van der Waals surface area contributed by atoms with Crippen molar-refractivity contribution in [2.75, 3.05) is 14.2 Å². The summed E-state index contributed by atoms with van der Waals surface area (Å²) in [6.07, 6.45) is 6.05. The van der Waals surface area contributed by atoms with E-state index in [-0.39, 0.29) is 5.91 Å². The molecule has 26 heavy (non-hydrogen) atoms. The number of carbonyl (C=O) groups is 1. The van der Waals surface area contributed by atoms with Crippen molar-refractivity contribution < 1.29 is 14.3 Å². The van der Waals surface area contributed by atoms with Gasteiger partial charge < -0.3 is 14.8 Å². The predicted molar refractivity (Wildman–Crippen MR) is 103 cm³/mol. The van der Waals surface area contributed by atoms with Gasteiger partial charge in [-0.05, 0) is 66.5 Å². The third kappa shape index (κ3) is 4.57. The Morgan fingerprint density at radius 2 is 1.65 bits per heavy atom. The molecule has 0 fully saturated rings. The zero-order valence-electron chi connectivity index (χ0n) is 15.6. The Morgan fingerprint density at radius 1 is 0.923 bits per heavy atom. The van der Waals surface area contributed by atoms with Gasteiger partial charge in [0.15, 0.2) is 11.5 Å². The van der Waals surface area contributed by atoms with E-state index in [9.17, 15) is 4.79 Å². The molecule has 2 aromatic rings. The molecule has 2 aromatic carbocycles. The van der Waals surface area contributed by atoms with E-state index in [0.29, 0.717) is 30.9 Å². The summed E-state index contributed by atoms with van der Waals surface area (Å²) in [6, 6.07) is 12.4. The van der Waals surface area contributed by atoms with Crippen LogP contribution in [-0.2, 0) is 30.6 Å². The molecule has 138 valence electrons. The third-order valence-electron chi connectivity index (χ3n) is 4.99. The van der Waals surface area contributed by atoms with Crippen LogP contribution in [0.2, 0.25) is 0 Å². The van der Waals surface area contributed by atoms with Crippen LogP contribution >= 0.6 is 0 Å². The topological polar surface area (TPSA) is 47.6 Å². The molecule has 0 saturated heterocycles. The maximum Gasteiger partial charge on any atom is 0.220 e. The minimum atomic E-state index is 0.0671. The molecule has 0 aliphatic heterocycles. The summed E-state index contributed by atoms with van der Waals surface area (Å²) in [4.78, 5) is 12.2. The normalized spacial score (nSPS) is 13.0. The van der Waals surface area contributed by atoms with Crippen LogP contribution in [0.15, 0.2) is 36.4 Å². The summed E-state index contributed by atoms with van der Waals surface area (Å²) >= 11 is 0. The van der Waals surface area contributed by atoms with Crippen molar-refractivity contribution in [1.29, 1.82) is 0 Å². The van der Waals surface area contributed by atoms with Crippen LogP contribution < -0.4 is 14.8 Å². The molecule has 0 atom stereocenters. The van der Waals surface area contributed by atoms with Gasteiger partial charge in [-0.2, -0.15) is 0 Å². The van der Waals surface area contributed by atoms with Gasteiger partial charge in [0.25, 0.3) is 0 Å². The molecule has 1 aliphatic rings. The first-order valence-corrected chi connectivity index (χ1v) is 9.28. The highest BCUT2D eigenvalue weighted by Crippen LogP contribution is 2.28. The highest BCUT2D eigenvalue weighted by molar-refractivity contribution is 5.76. The quantitative estimate of drug-likeness (QED) is 0.823. The zero-order valence-corrected chi connectivity index (χ0v) is 15.6. The van der Waals surface area contributed by atoms with Gasteiger partial charge in [0.05, 0.1) is 14.2 Å². The lowest BCUT2D eigenvalue weighted by Gasteiger charge is -2.16. The van der Waals surface area contributed by atoms with Gasteiger partial charge in [0.2, 0.25) is 5.91 Å². The maximum absolute atomic E-state index is 12.2. The molecule has 4 heteroatoms. The van der Waals surface area contributed by atoms with Crippen LogP contribution in [-0.4, -0.2) is 20.1 Å². The predicted octanol–water partition coefficient (Wildman–Crippen LogP) is 3.83. The average molecular weight is 353 g/mol. The Bertz CT molecular complexity index is 724. The highest BCUT2D eigenvalue weighted by Gasteiger charge is 2.10. The van der Waals surface area contributed by atoms with E-state index in [1.54, 1.807) is 14.2 Å². The van der Waals surface area contributed by atoms with Crippen LogP contribution in [0, 0.1) is 0 Å². The van der Waals surface area contributed by atoms with Crippen molar-refractivity contribution in [3.8, 4) is 11.5 Å². The van der Waals surface area contributed by atoms with Crippen LogP contribution in [0.5, 0.6) is 11.5 Å². The molecular formula is C22H27NO3. The summed E-state index contributed by atoms with van der Waals surface area (Å²) < 4.78 is 10.5. The van der Waals surface area contributed by atoms with Crippen molar-refractivity contribution >= 4 is 5.91 Å². The van der Waals surface area contributed by atoms with Crippen molar-refractivity contribution in [2.24, 2.45) is 0 Å². The molecule has 0 bridgehead atoms. The second-order valence-electron chi connectivity index (χ2n) is 6.78. The summed E-state index contributed by atoms with van der Waals surface area (Å²) in [7, 11) is 3.23. The number of ether oxygens (including phenoxy) is 2. The first kappa shape index (κ1) is 18.3. The lowest BCUT2D eigenvalue weighted by atomic mass is 9.90. The van der Waals surface area contributed by atoms with Crippen molar-refractivity contribution in [3.63, 3.8) is 0 Å². The van der Waals surface area contributed by atoms with E-state index in [1.807, 2.05) is 18.2 Å². The number of fused-ring (bicyclic) bond motifs is 1. The SMILES string of the molecule is COc1ccc(CCC(=O)NCc2ccc3c(c2)CCCC3)cc1OC. The Hall–Kier alpha value is -2.49. The van der Waals surface area contributed by atoms with Crippen LogP contribution in [0.4, 0.5) is 0 Å². The Kier molecular flexibility index (Phi) is 6.16. The van der Waals surface area contributed by atoms with Crippen molar-refractivity contribution in [1.82, 2.24) is 5.32 Å². The number of hydrogen-bond acceptors (Lipinski definition) is 3. The smallest absolute Gasteiger partial charge is 0.220 e. The fourth-order valence-electron chi connectivity index (χ4n) is 3.48. The lowest BCUT2D eigenvalue weighted by molar-refractivity contribution is -0.121. The maximum atomic E-state index is 12.2. The van der Waals surface area contributed by atoms with E-state index < -0.39 is 0 Å². The number of methoxy groups -OCH3 is 2. The molecule has 3 rings (SSSR count). The third-order valence-corrected chi connectivity index (χ3v) is 4.99. The first-order chi connectivity index (χ1) is 12.7. The summed E-state index contributed by atoms with van der Waals surface area (Å²) in [5.41, 5.74) is 5.17. The summed E-state index contributed by atoms with van der Waals surface area (Å²) in [5, 5.41) is 3.03. The average Bonchev–Trinajstić information content (AvgIpc) is 2.70. The largest absolute Gasteiger partial charge is 0.493 e. The molecule has 0 aromatic heterocycles. The highest BCUT2D eigenvalue weighted by atomic mass is 16.5. The van der Waals surface area contributed by atoms with Gasteiger partial charge in [-0.15, -0.1) is 0 Å². The number of amides is 1. The van der Waals surface area contributed by atoms with E-state index in [1.165, 1.54) is 36.0 Å². The molecule has 0 unspecified atom stereocenters. The molecule has 4 nitrogen and oxygen atoms in total. The molecule has 0 saturated carbocycles. The summed E-state index contributed by atoms with van der Waals surface area (Å²) in [6.45, 7) is 0.595. The number of nitrogens with one attached hydrogen (secondary N) is 1. The van der Waals surface area contributed by atoms with E-state index in [4.69, 9.17) is 9.47 Å². The number of carbonyl (C=O) groups excluding carboxylic acids is 1. The lowest BCUT2D eigenvalue weighted by Crippen LogP contribution is -2.23. The second-order valence-corrected chi connectivity index (χ2v) is 6.78. The van der Waals surface area contributed by atoms with Gasteiger partial charge in [-0.25, -0.2) is 0 Å². The number of hydrogen-bond donors (Lipinski definition) is 1. The molecular weight excluding hydrogens is 326 g/mol. The number of benzene rings is 2. The standard InChI is InChI=1S/C22H27NO3/c1-25-20-11-8-16(14-21(20)26-2)9-12-22(24)23-15-17-7-10-18-5-3-4-6-19(18)13-17/h7-8,10-11,13-14H,3-6,9,12,15H2,1-2H3,(H,23,24). The Morgan fingerprint density at radius 3 is 2.42 bits per heavy atom. The molecule has 1 amide bonds. The van der Waals surface area contributed by atoms with Gasteiger partial charge in [-0.3, -0.25) is 4.79 Å². The Balaban J connectivity index is 1.50. The van der Waals surface area contributed by atoms with Crippen LogP contribution in [0.25, 0.3) is 0 Å². The van der Waals surface area contributed by atoms with Gasteiger partial charge in [0.1, 0.15) is 0 Å². The first-order valence-electron chi connectivity index (χ1n) is 9.28. The van der Waals surface area contributed by atoms with E-state index in [0.717, 1.165) is 12.0 Å². The van der Waals surface area contributed by atoms with Gasteiger partial charge in [-0.1, -0.05) is 24.3 Å². The molecule has 0 radical (unpaired) electrons. The molecule has 0 heterocycles. The minimum Gasteiger partial charge on any atom is -0.493 e. The van der Waals surface area contributed by atoms with Gasteiger partial charge in [0, 0.05) is 13.0 Å².